The molecular formula is C22H22O5. The molecule has 0 radical (unpaired) electrons. The van der Waals surface area contributed by atoms with E-state index in [1.54, 1.807) is 21.3 Å². The lowest BCUT2D eigenvalue weighted by Crippen LogP contribution is -2.00. The van der Waals surface area contributed by atoms with Gasteiger partial charge in [0.2, 0.25) is 0 Å². The second-order valence-electron chi connectivity index (χ2n) is 6.35. The van der Waals surface area contributed by atoms with Gasteiger partial charge in [-0.05, 0) is 23.3 Å². The van der Waals surface area contributed by atoms with Gasteiger partial charge >= 0.3 is 0 Å². The lowest BCUT2D eigenvalue weighted by molar-refractivity contribution is 0.303. The molecule has 5 heteroatoms. The van der Waals surface area contributed by atoms with Crippen molar-refractivity contribution < 1.29 is 23.7 Å². The number of hydrogen-bond acceptors (Lipinski definition) is 5. The van der Waals surface area contributed by atoms with E-state index in [0.717, 1.165) is 34.3 Å². The standard InChI is InChI=1S/C22H22O5/c1-23-17-10-15(20-13-27-20)9-16-21(17)18(11-19(24-2)22(16)25-3)26-12-14-7-5-4-6-8-14/h4-11,20H,12-13H2,1-3H3. The molecule has 1 atom stereocenters. The van der Waals surface area contributed by atoms with E-state index in [9.17, 15) is 0 Å². The highest BCUT2D eigenvalue weighted by atomic mass is 16.6. The zero-order valence-corrected chi connectivity index (χ0v) is 15.7. The van der Waals surface area contributed by atoms with Crippen LogP contribution in [0.15, 0.2) is 48.5 Å². The van der Waals surface area contributed by atoms with Gasteiger partial charge in [0.25, 0.3) is 0 Å². The molecule has 4 rings (SSSR count). The second kappa shape index (κ2) is 7.37. The van der Waals surface area contributed by atoms with Crippen molar-refractivity contribution in [3.63, 3.8) is 0 Å². The maximum absolute atomic E-state index is 6.16. The Morgan fingerprint density at radius 3 is 2.26 bits per heavy atom. The average molecular weight is 366 g/mol. The molecule has 0 bridgehead atoms. The summed E-state index contributed by atoms with van der Waals surface area (Å²) in [6.45, 7) is 1.17. The first-order chi connectivity index (χ1) is 13.2. The Kier molecular flexibility index (Phi) is 4.77. The van der Waals surface area contributed by atoms with Gasteiger partial charge in [-0.15, -0.1) is 0 Å². The van der Waals surface area contributed by atoms with E-state index in [2.05, 4.69) is 6.07 Å². The third-order valence-corrected chi connectivity index (χ3v) is 4.69. The Balaban J connectivity index is 1.86. The zero-order valence-electron chi connectivity index (χ0n) is 15.7. The predicted octanol–water partition coefficient (Wildman–Crippen LogP) is 4.52. The van der Waals surface area contributed by atoms with Crippen molar-refractivity contribution in [1.82, 2.24) is 0 Å². The van der Waals surface area contributed by atoms with Crippen molar-refractivity contribution in [2.45, 2.75) is 12.7 Å². The lowest BCUT2D eigenvalue weighted by Gasteiger charge is -2.18. The fourth-order valence-electron chi connectivity index (χ4n) is 3.26. The van der Waals surface area contributed by atoms with Crippen LogP contribution in [-0.4, -0.2) is 27.9 Å². The summed E-state index contributed by atoms with van der Waals surface area (Å²) in [7, 11) is 4.91. The fraction of sp³-hybridized carbons (Fsp3) is 0.273. The van der Waals surface area contributed by atoms with Crippen LogP contribution in [0.2, 0.25) is 0 Å². The fourth-order valence-corrected chi connectivity index (χ4v) is 3.26. The van der Waals surface area contributed by atoms with E-state index < -0.39 is 0 Å². The van der Waals surface area contributed by atoms with Crippen LogP contribution < -0.4 is 18.9 Å². The second-order valence-corrected chi connectivity index (χ2v) is 6.35. The minimum absolute atomic E-state index is 0.105. The van der Waals surface area contributed by atoms with E-state index in [4.69, 9.17) is 23.7 Å². The molecule has 1 saturated heterocycles. The lowest BCUT2D eigenvalue weighted by atomic mass is 10.0. The summed E-state index contributed by atoms with van der Waals surface area (Å²) in [4.78, 5) is 0. The van der Waals surface area contributed by atoms with Gasteiger partial charge in [0, 0.05) is 11.5 Å². The molecule has 140 valence electrons. The van der Waals surface area contributed by atoms with Crippen LogP contribution in [-0.2, 0) is 11.3 Å². The Hall–Kier alpha value is -2.92. The van der Waals surface area contributed by atoms with E-state index in [1.165, 1.54) is 0 Å². The van der Waals surface area contributed by atoms with Gasteiger partial charge in [-0.1, -0.05) is 30.3 Å². The molecule has 1 unspecified atom stereocenters. The molecule has 5 nitrogen and oxygen atoms in total. The van der Waals surface area contributed by atoms with Crippen LogP contribution in [0, 0.1) is 0 Å². The van der Waals surface area contributed by atoms with Crippen molar-refractivity contribution in [2.75, 3.05) is 27.9 Å². The molecule has 1 aliphatic rings. The van der Waals surface area contributed by atoms with Gasteiger partial charge in [0.15, 0.2) is 11.5 Å². The van der Waals surface area contributed by atoms with Crippen LogP contribution in [0.4, 0.5) is 0 Å². The average Bonchev–Trinajstić information content (AvgIpc) is 3.56. The molecular weight excluding hydrogens is 344 g/mol. The Morgan fingerprint density at radius 2 is 1.63 bits per heavy atom. The van der Waals surface area contributed by atoms with E-state index in [1.807, 2.05) is 42.5 Å². The van der Waals surface area contributed by atoms with Crippen LogP contribution >= 0.6 is 0 Å². The molecule has 0 saturated carbocycles. The summed E-state index contributed by atoms with van der Waals surface area (Å²) in [5.41, 5.74) is 2.14. The molecule has 1 heterocycles. The van der Waals surface area contributed by atoms with Crippen LogP contribution in [0.3, 0.4) is 0 Å². The zero-order chi connectivity index (χ0) is 18.8. The van der Waals surface area contributed by atoms with Gasteiger partial charge < -0.3 is 23.7 Å². The number of epoxide rings is 1. The number of methoxy groups -OCH3 is 3. The van der Waals surface area contributed by atoms with Crippen molar-refractivity contribution >= 4 is 10.8 Å². The molecule has 0 amide bonds. The first kappa shape index (κ1) is 17.5. The number of ether oxygens (including phenoxy) is 5. The minimum atomic E-state index is 0.105. The SMILES string of the molecule is COc1cc(OCc2ccccc2)c2c(OC)cc(C3CO3)cc2c1OC. The van der Waals surface area contributed by atoms with Crippen molar-refractivity contribution in [3.8, 4) is 23.0 Å². The normalized spacial score (nSPS) is 15.4. The monoisotopic (exact) mass is 366 g/mol. The summed E-state index contributed by atoms with van der Waals surface area (Å²) >= 11 is 0. The molecule has 0 N–H and O–H groups in total. The molecule has 1 aliphatic heterocycles. The highest BCUT2D eigenvalue weighted by Gasteiger charge is 2.28. The van der Waals surface area contributed by atoms with Gasteiger partial charge in [0.1, 0.15) is 24.2 Å². The molecule has 3 aromatic carbocycles. The Labute approximate surface area is 158 Å². The maximum atomic E-state index is 6.16. The van der Waals surface area contributed by atoms with Gasteiger partial charge in [-0.25, -0.2) is 0 Å². The van der Waals surface area contributed by atoms with Crippen LogP contribution in [0.5, 0.6) is 23.0 Å². The highest BCUT2D eigenvalue weighted by molar-refractivity contribution is 6.00. The summed E-state index contributed by atoms with van der Waals surface area (Å²) in [6.07, 6.45) is 0.105. The van der Waals surface area contributed by atoms with E-state index >= 15 is 0 Å². The molecule has 27 heavy (non-hydrogen) atoms. The van der Waals surface area contributed by atoms with Gasteiger partial charge in [-0.2, -0.15) is 0 Å². The number of hydrogen-bond donors (Lipinski definition) is 0. The van der Waals surface area contributed by atoms with Crippen LogP contribution in [0.25, 0.3) is 10.8 Å². The maximum Gasteiger partial charge on any atom is 0.168 e. The molecule has 0 aromatic heterocycles. The molecule has 1 fully saturated rings. The van der Waals surface area contributed by atoms with Crippen molar-refractivity contribution in [3.05, 3.63) is 59.7 Å². The summed E-state index contributed by atoms with van der Waals surface area (Å²) < 4.78 is 28.5. The predicted molar refractivity (Wildman–Crippen MR) is 103 cm³/mol. The summed E-state index contributed by atoms with van der Waals surface area (Å²) in [6, 6.07) is 15.9. The van der Waals surface area contributed by atoms with E-state index in [0.29, 0.717) is 23.9 Å². The van der Waals surface area contributed by atoms with Crippen molar-refractivity contribution in [1.29, 1.82) is 0 Å². The smallest absolute Gasteiger partial charge is 0.168 e. The largest absolute Gasteiger partial charge is 0.496 e. The molecule has 0 spiro atoms. The van der Waals surface area contributed by atoms with E-state index in [-0.39, 0.29) is 6.10 Å². The van der Waals surface area contributed by atoms with Gasteiger partial charge in [-0.3, -0.25) is 0 Å². The minimum Gasteiger partial charge on any atom is -0.496 e. The quantitative estimate of drug-likeness (QED) is 0.576. The van der Waals surface area contributed by atoms with Gasteiger partial charge in [0.05, 0.1) is 33.3 Å². The third kappa shape index (κ3) is 3.38. The van der Waals surface area contributed by atoms with Crippen LogP contribution in [0.1, 0.15) is 17.2 Å². The first-order valence-electron chi connectivity index (χ1n) is 8.80. The summed E-state index contributed by atoms with van der Waals surface area (Å²) in [5, 5.41) is 1.74. The summed E-state index contributed by atoms with van der Waals surface area (Å²) in [5.74, 6) is 2.68. The number of benzene rings is 3. The number of rotatable bonds is 7. The molecule has 0 aliphatic carbocycles. The number of fused-ring (bicyclic) bond motifs is 1. The first-order valence-corrected chi connectivity index (χ1v) is 8.80. The van der Waals surface area contributed by atoms with Crippen molar-refractivity contribution in [2.24, 2.45) is 0 Å². The Morgan fingerprint density at radius 1 is 0.889 bits per heavy atom. The highest BCUT2D eigenvalue weighted by Crippen LogP contribution is 2.47. The molecule has 3 aromatic rings. The topological polar surface area (TPSA) is 49.5 Å². The third-order valence-electron chi connectivity index (χ3n) is 4.69. The Bertz CT molecular complexity index is 948.